The number of hydrogen-bond donors (Lipinski definition) is 2. The van der Waals surface area contributed by atoms with Crippen LogP contribution < -0.4 is 10.6 Å². The van der Waals surface area contributed by atoms with Crippen molar-refractivity contribution in [2.45, 2.75) is 18.9 Å². The lowest BCUT2D eigenvalue weighted by Crippen LogP contribution is -2.27. The highest BCUT2D eigenvalue weighted by Gasteiger charge is 2.23. The van der Waals surface area contributed by atoms with Crippen molar-refractivity contribution in [2.75, 3.05) is 24.4 Å². The van der Waals surface area contributed by atoms with E-state index in [0.717, 1.165) is 6.42 Å². The Bertz CT molecular complexity index is 1320. The molecule has 1 atom stereocenters. The summed E-state index contributed by atoms with van der Waals surface area (Å²) < 4.78 is 10.1. The number of rotatable bonds is 5. The van der Waals surface area contributed by atoms with Gasteiger partial charge >= 0.3 is 5.97 Å². The van der Waals surface area contributed by atoms with Crippen LogP contribution in [-0.2, 0) is 14.3 Å². The van der Waals surface area contributed by atoms with Gasteiger partial charge in [-0.1, -0.05) is 30.0 Å². The van der Waals surface area contributed by atoms with Crippen LogP contribution in [0.25, 0.3) is 0 Å². The average molecular weight is 469 g/mol. The van der Waals surface area contributed by atoms with Crippen molar-refractivity contribution < 1.29 is 23.9 Å². The van der Waals surface area contributed by atoms with Crippen LogP contribution in [0.5, 0.6) is 0 Å². The lowest BCUT2D eigenvalue weighted by molar-refractivity contribution is -0.124. The van der Waals surface area contributed by atoms with Gasteiger partial charge in [0.15, 0.2) is 0 Å². The smallest absolute Gasteiger partial charge is 0.337 e. The van der Waals surface area contributed by atoms with Gasteiger partial charge in [-0.05, 0) is 67.4 Å². The Labute approximate surface area is 203 Å². The van der Waals surface area contributed by atoms with Crippen molar-refractivity contribution in [3.63, 3.8) is 0 Å². The number of benzene rings is 3. The molecule has 7 nitrogen and oxygen atoms in total. The van der Waals surface area contributed by atoms with Crippen molar-refractivity contribution in [1.82, 2.24) is 0 Å². The van der Waals surface area contributed by atoms with Crippen LogP contribution in [0.2, 0.25) is 0 Å². The topological polar surface area (TPSA) is 93.7 Å². The van der Waals surface area contributed by atoms with E-state index in [1.54, 1.807) is 66.7 Å². The van der Waals surface area contributed by atoms with E-state index in [0.29, 0.717) is 46.7 Å². The summed E-state index contributed by atoms with van der Waals surface area (Å²) in [5.74, 6) is 5.12. The maximum atomic E-state index is 12.8. The summed E-state index contributed by atoms with van der Waals surface area (Å²) in [7, 11) is 1.33. The third-order valence-corrected chi connectivity index (χ3v) is 5.37. The summed E-state index contributed by atoms with van der Waals surface area (Å²) in [6, 6.07) is 20.8. The van der Waals surface area contributed by atoms with Crippen molar-refractivity contribution in [3.05, 3.63) is 95.1 Å². The lowest BCUT2D eigenvalue weighted by atomic mass is 10.1. The zero-order chi connectivity index (χ0) is 24.6. The molecule has 1 unspecified atom stereocenters. The first kappa shape index (κ1) is 23.7. The minimum Gasteiger partial charge on any atom is -0.465 e. The second-order valence-electron chi connectivity index (χ2n) is 7.93. The van der Waals surface area contributed by atoms with Gasteiger partial charge in [-0.25, -0.2) is 4.79 Å². The van der Waals surface area contributed by atoms with Crippen molar-refractivity contribution >= 4 is 29.2 Å². The predicted molar refractivity (Wildman–Crippen MR) is 132 cm³/mol. The molecular formula is C28H24N2O5. The molecule has 3 aromatic carbocycles. The maximum Gasteiger partial charge on any atom is 0.337 e. The monoisotopic (exact) mass is 468 g/mol. The molecular weight excluding hydrogens is 444 g/mol. The summed E-state index contributed by atoms with van der Waals surface area (Å²) in [4.78, 5) is 36.8. The van der Waals surface area contributed by atoms with Gasteiger partial charge in [0.2, 0.25) is 0 Å². The normalized spacial score (nSPS) is 14.4. The van der Waals surface area contributed by atoms with E-state index in [1.165, 1.54) is 7.11 Å². The van der Waals surface area contributed by atoms with Gasteiger partial charge in [0.05, 0.1) is 12.7 Å². The Morgan fingerprint density at radius 1 is 0.857 bits per heavy atom. The van der Waals surface area contributed by atoms with Gasteiger partial charge in [0, 0.05) is 34.7 Å². The number of ether oxygens (including phenoxy) is 2. The van der Waals surface area contributed by atoms with Crippen LogP contribution in [0.4, 0.5) is 11.4 Å². The van der Waals surface area contributed by atoms with Gasteiger partial charge in [-0.3, -0.25) is 9.59 Å². The molecule has 4 rings (SSSR count). The Morgan fingerprint density at radius 2 is 1.51 bits per heavy atom. The standard InChI is InChI=1S/C28H24N2O5/c1-34-28(33)22-9-2-6-19(16-22)13-14-20-7-3-10-23(17-20)29-26(31)21-8-4-11-24(18-21)30-27(32)25-12-5-15-35-25/h2-4,6-11,16-18,25H,5,12,15H2,1H3,(H,29,31)(H,30,32). The van der Waals surface area contributed by atoms with E-state index in [1.807, 2.05) is 6.07 Å². The van der Waals surface area contributed by atoms with Crippen LogP contribution >= 0.6 is 0 Å². The minimum absolute atomic E-state index is 0.205. The van der Waals surface area contributed by atoms with E-state index in [9.17, 15) is 14.4 Å². The summed E-state index contributed by atoms with van der Waals surface area (Å²) in [6.45, 7) is 0.587. The Kier molecular flexibility index (Phi) is 7.56. The Hall–Kier alpha value is -4.41. The molecule has 1 fully saturated rings. The van der Waals surface area contributed by atoms with E-state index in [4.69, 9.17) is 9.47 Å². The van der Waals surface area contributed by atoms with Crippen LogP contribution in [0.3, 0.4) is 0 Å². The number of carbonyl (C=O) groups is 3. The zero-order valence-corrected chi connectivity index (χ0v) is 19.2. The highest BCUT2D eigenvalue weighted by molar-refractivity contribution is 6.05. The maximum absolute atomic E-state index is 12.8. The molecule has 7 heteroatoms. The third kappa shape index (κ3) is 6.34. The molecule has 0 bridgehead atoms. The van der Waals surface area contributed by atoms with E-state index >= 15 is 0 Å². The fraction of sp³-hybridized carbons (Fsp3) is 0.179. The Morgan fingerprint density at radius 3 is 2.23 bits per heavy atom. The molecule has 0 aromatic heterocycles. The number of esters is 1. The number of anilines is 2. The molecule has 2 N–H and O–H groups in total. The van der Waals surface area contributed by atoms with Gasteiger partial charge in [0.25, 0.3) is 11.8 Å². The molecule has 1 aliphatic rings. The molecule has 35 heavy (non-hydrogen) atoms. The number of amides is 2. The molecule has 3 aromatic rings. The fourth-order valence-corrected chi connectivity index (χ4v) is 3.61. The zero-order valence-electron chi connectivity index (χ0n) is 19.2. The highest BCUT2D eigenvalue weighted by atomic mass is 16.5. The van der Waals surface area contributed by atoms with E-state index in [2.05, 4.69) is 22.5 Å². The van der Waals surface area contributed by atoms with E-state index < -0.39 is 12.1 Å². The van der Waals surface area contributed by atoms with Crippen molar-refractivity contribution in [1.29, 1.82) is 0 Å². The summed E-state index contributed by atoms with van der Waals surface area (Å²) in [6.07, 6.45) is 1.12. The molecule has 1 heterocycles. The fourth-order valence-electron chi connectivity index (χ4n) is 3.61. The first-order valence-corrected chi connectivity index (χ1v) is 11.2. The number of hydrogen-bond acceptors (Lipinski definition) is 5. The highest BCUT2D eigenvalue weighted by Crippen LogP contribution is 2.18. The van der Waals surface area contributed by atoms with Crippen molar-refractivity contribution in [2.24, 2.45) is 0 Å². The minimum atomic E-state index is -0.445. The first-order valence-electron chi connectivity index (χ1n) is 11.2. The number of nitrogens with one attached hydrogen (secondary N) is 2. The van der Waals surface area contributed by atoms with Gasteiger partial charge in [-0.15, -0.1) is 0 Å². The van der Waals surface area contributed by atoms with Crippen LogP contribution in [0.15, 0.2) is 72.8 Å². The second kappa shape index (κ2) is 11.1. The van der Waals surface area contributed by atoms with Crippen LogP contribution in [0, 0.1) is 11.8 Å². The quantitative estimate of drug-likeness (QED) is 0.432. The van der Waals surface area contributed by atoms with Gasteiger partial charge in [-0.2, -0.15) is 0 Å². The lowest BCUT2D eigenvalue weighted by Gasteiger charge is -2.11. The predicted octanol–water partition coefficient (Wildman–Crippen LogP) is 4.24. The van der Waals surface area contributed by atoms with Crippen LogP contribution in [-0.4, -0.2) is 37.6 Å². The largest absolute Gasteiger partial charge is 0.465 e. The molecule has 176 valence electrons. The van der Waals surface area contributed by atoms with Gasteiger partial charge in [0.1, 0.15) is 6.10 Å². The van der Waals surface area contributed by atoms with Crippen molar-refractivity contribution in [3.8, 4) is 11.8 Å². The summed E-state index contributed by atoms with van der Waals surface area (Å²) >= 11 is 0. The molecule has 0 radical (unpaired) electrons. The third-order valence-electron chi connectivity index (χ3n) is 5.37. The first-order chi connectivity index (χ1) is 17.0. The van der Waals surface area contributed by atoms with Crippen LogP contribution in [0.1, 0.15) is 44.7 Å². The molecule has 0 saturated carbocycles. The second-order valence-corrected chi connectivity index (χ2v) is 7.93. The average Bonchev–Trinajstić information content (AvgIpc) is 3.43. The molecule has 1 aliphatic heterocycles. The Balaban J connectivity index is 1.43. The SMILES string of the molecule is COC(=O)c1cccc(C#Cc2cccc(NC(=O)c3cccc(NC(=O)C4CCCO4)c3)c2)c1. The molecule has 1 saturated heterocycles. The number of carbonyl (C=O) groups excluding carboxylic acids is 3. The molecule has 2 amide bonds. The van der Waals surface area contributed by atoms with Gasteiger partial charge < -0.3 is 20.1 Å². The van der Waals surface area contributed by atoms with E-state index in [-0.39, 0.29) is 11.8 Å². The number of methoxy groups -OCH3 is 1. The molecule has 0 spiro atoms. The molecule has 0 aliphatic carbocycles. The summed E-state index contributed by atoms with van der Waals surface area (Å²) in [5, 5.41) is 5.67. The summed E-state index contributed by atoms with van der Waals surface area (Å²) in [5.41, 5.74) is 3.32.